The smallest absolute Gasteiger partial charge is 0.269 e. The van der Waals surface area contributed by atoms with Crippen molar-refractivity contribution in [3.05, 3.63) is 111 Å². The maximum Gasteiger partial charge on any atom is 0.269 e. The second-order valence-corrected chi connectivity index (χ2v) is 6.46. The second kappa shape index (κ2) is 8.61. The summed E-state index contributed by atoms with van der Waals surface area (Å²) < 4.78 is 0. The van der Waals surface area contributed by atoms with E-state index < -0.39 is 0 Å². The lowest BCUT2D eigenvalue weighted by Crippen LogP contribution is -2.24. The Morgan fingerprint density at radius 3 is 2.35 bits per heavy atom. The molecule has 0 aromatic heterocycles. The molecule has 5 heteroatoms. The number of nitro groups is 1. The number of nitrogens with one attached hydrogen (secondary N) is 1. The van der Waals surface area contributed by atoms with Crippen molar-refractivity contribution in [1.29, 1.82) is 0 Å². The monoisotopic (exact) mass is 366 g/mol. The zero-order valence-electron chi connectivity index (χ0n) is 14.1. The third-order valence-electron chi connectivity index (χ3n) is 4.22. The Kier molecular flexibility index (Phi) is 6.00. The number of non-ortho nitro benzene ring substituents is 1. The predicted octanol–water partition coefficient (Wildman–Crippen LogP) is 5.17. The van der Waals surface area contributed by atoms with Gasteiger partial charge < -0.3 is 5.32 Å². The molecular weight excluding hydrogens is 348 g/mol. The molecule has 132 valence electrons. The van der Waals surface area contributed by atoms with Crippen LogP contribution in [0, 0.1) is 10.1 Å². The summed E-state index contributed by atoms with van der Waals surface area (Å²) in [6, 6.07) is 24.4. The Labute approximate surface area is 157 Å². The highest BCUT2D eigenvalue weighted by atomic mass is 35.5. The van der Waals surface area contributed by atoms with E-state index in [4.69, 9.17) is 11.6 Å². The summed E-state index contributed by atoms with van der Waals surface area (Å²) in [4.78, 5) is 10.8. The first-order valence-electron chi connectivity index (χ1n) is 8.40. The Balaban J connectivity index is 1.83. The minimum atomic E-state index is -0.369. The van der Waals surface area contributed by atoms with E-state index in [1.165, 1.54) is 11.6 Å². The Hall–Kier alpha value is -2.69. The van der Waals surface area contributed by atoms with Crippen molar-refractivity contribution in [2.45, 2.75) is 12.5 Å². The minimum Gasteiger partial charge on any atom is -0.306 e. The quantitative estimate of drug-likeness (QED) is 0.463. The number of nitrogens with zero attached hydrogens (tertiary/aromatic N) is 1. The molecule has 0 bridgehead atoms. The second-order valence-electron chi connectivity index (χ2n) is 6.03. The van der Waals surface area contributed by atoms with Crippen LogP contribution in [-0.4, -0.2) is 11.5 Å². The lowest BCUT2D eigenvalue weighted by atomic mass is 9.98. The molecule has 0 aliphatic rings. The highest BCUT2D eigenvalue weighted by Crippen LogP contribution is 2.26. The van der Waals surface area contributed by atoms with Crippen LogP contribution in [0.1, 0.15) is 22.7 Å². The van der Waals surface area contributed by atoms with Gasteiger partial charge in [-0.2, -0.15) is 0 Å². The first-order valence-corrected chi connectivity index (χ1v) is 8.78. The fourth-order valence-electron chi connectivity index (χ4n) is 2.91. The van der Waals surface area contributed by atoms with Gasteiger partial charge in [0.25, 0.3) is 5.69 Å². The van der Waals surface area contributed by atoms with Crippen LogP contribution in [0.2, 0.25) is 5.02 Å². The van der Waals surface area contributed by atoms with Gasteiger partial charge in [-0.1, -0.05) is 66.2 Å². The van der Waals surface area contributed by atoms with Crippen molar-refractivity contribution in [3.8, 4) is 0 Å². The molecule has 0 amide bonds. The van der Waals surface area contributed by atoms with Crippen LogP contribution in [0.3, 0.4) is 0 Å². The van der Waals surface area contributed by atoms with Crippen LogP contribution >= 0.6 is 11.6 Å². The Bertz CT molecular complexity index is 867. The van der Waals surface area contributed by atoms with E-state index in [1.807, 2.05) is 48.5 Å². The largest absolute Gasteiger partial charge is 0.306 e. The Morgan fingerprint density at radius 2 is 1.65 bits per heavy atom. The average Bonchev–Trinajstić information content (AvgIpc) is 2.67. The zero-order valence-corrected chi connectivity index (χ0v) is 14.9. The van der Waals surface area contributed by atoms with E-state index in [2.05, 4.69) is 17.4 Å². The summed E-state index contributed by atoms with van der Waals surface area (Å²) in [6.45, 7) is 0.750. The number of rotatable bonds is 7. The lowest BCUT2D eigenvalue weighted by Gasteiger charge is -2.20. The molecule has 3 rings (SSSR count). The van der Waals surface area contributed by atoms with Crippen LogP contribution in [0.25, 0.3) is 0 Å². The van der Waals surface area contributed by atoms with E-state index in [-0.39, 0.29) is 16.7 Å². The van der Waals surface area contributed by atoms with Crippen LogP contribution in [0.15, 0.2) is 78.9 Å². The third kappa shape index (κ3) is 4.69. The van der Waals surface area contributed by atoms with Gasteiger partial charge in [0.1, 0.15) is 0 Å². The molecule has 1 unspecified atom stereocenters. The van der Waals surface area contributed by atoms with Gasteiger partial charge in [-0.3, -0.25) is 10.1 Å². The number of benzene rings is 3. The van der Waals surface area contributed by atoms with Gasteiger partial charge in [-0.25, -0.2) is 0 Å². The molecule has 0 heterocycles. The Morgan fingerprint density at radius 1 is 0.923 bits per heavy atom. The molecule has 0 fully saturated rings. The van der Waals surface area contributed by atoms with Crippen molar-refractivity contribution < 1.29 is 4.92 Å². The average molecular weight is 367 g/mol. The van der Waals surface area contributed by atoms with Gasteiger partial charge in [0.15, 0.2) is 0 Å². The van der Waals surface area contributed by atoms with Crippen molar-refractivity contribution in [3.63, 3.8) is 0 Å². The summed E-state index contributed by atoms with van der Waals surface area (Å²) in [5.74, 6) is 0. The summed E-state index contributed by atoms with van der Waals surface area (Å²) in [5, 5.41) is 15.3. The van der Waals surface area contributed by atoms with E-state index in [1.54, 1.807) is 12.1 Å². The minimum absolute atomic E-state index is 0.0892. The van der Waals surface area contributed by atoms with Crippen molar-refractivity contribution in [1.82, 2.24) is 5.32 Å². The molecule has 0 aliphatic carbocycles. The van der Waals surface area contributed by atoms with E-state index in [0.29, 0.717) is 5.02 Å². The molecule has 0 saturated carbocycles. The molecule has 3 aromatic carbocycles. The first kappa shape index (κ1) is 18.1. The maximum absolute atomic E-state index is 11.1. The van der Waals surface area contributed by atoms with Crippen molar-refractivity contribution in [2.75, 3.05) is 6.54 Å². The van der Waals surface area contributed by atoms with Gasteiger partial charge >= 0.3 is 0 Å². The van der Waals surface area contributed by atoms with Crippen LogP contribution < -0.4 is 5.32 Å². The zero-order chi connectivity index (χ0) is 18.4. The van der Waals surface area contributed by atoms with Crippen molar-refractivity contribution >= 4 is 17.3 Å². The number of nitro benzene ring substituents is 1. The predicted molar refractivity (Wildman–Crippen MR) is 105 cm³/mol. The van der Waals surface area contributed by atoms with Crippen LogP contribution in [-0.2, 0) is 6.42 Å². The topological polar surface area (TPSA) is 55.2 Å². The molecule has 3 aromatic rings. The van der Waals surface area contributed by atoms with Gasteiger partial charge in [-0.05, 0) is 35.2 Å². The first-order chi connectivity index (χ1) is 12.6. The molecule has 1 atom stereocenters. The maximum atomic E-state index is 11.1. The molecule has 0 radical (unpaired) electrons. The summed E-state index contributed by atoms with van der Waals surface area (Å²) in [7, 11) is 0. The van der Waals surface area contributed by atoms with Gasteiger partial charge in [-0.15, -0.1) is 0 Å². The normalized spacial score (nSPS) is 11.9. The highest BCUT2D eigenvalue weighted by Gasteiger charge is 2.16. The molecule has 0 aliphatic heterocycles. The molecule has 4 nitrogen and oxygen atoms in total. The van der Waals surface area contributed by atoms with Crippen molar-refractivity contribution in [2.24, 2.45) is 0 Å². The fourth-order valence-corrected chi connectivity index (χ4v) is 3.03. The number of hydrogen-bond donors (Lipinski definition) is 1. The lowest BCUT2D eigenvalue weighted by molar-refractivity contribution is -0.384. The molecule has 26 heavy (non-hydrogen) atoms. The molecular formula is C21H19ClN2O2. The molecule has 0 saturated heterocycles. The van der Waals surface area contributed by atoms with Gasteiger partial charge in [0.2, 0.25) is 0 Å². The van der Waals surface area contributed by atoms with Crippen LogP contribution in [0.4, 0.5) is 5.69 Å². The number of halogens is 1. The van der Waals surface area contributed by atoms with E-state index in [0.717, 1.165) is 24.1 Å². The third-order valence-corrected chi connectivity index (χ3v) is 4.47. The van der Waals surface area contributed by atoms with Gasteiger partial charge in [0, 0.05) is 23.7 Å². The summed E-state index contributed by atoms with van der Waals surface area (Å²) in [6.07, 6.45) is 0.875. The summed E-state index contributed by atoms with van der Waals surface area (Å²) in [5.41, 5.74) is 3.21. The van der Waals surface area contributed by atoms with Gasteiger partial charge in [0.05, 0.1) is 11.0 Å². The van der Waals surface area contributed by atoms with E-state index >= 15 is 0 Å². The highest BCUT2D eigenvalue weighted by molar-refractivity contribution is 6.30. The molecule has 0 spiro atoms. The van der Waals surface area contributed by atoms with Crippen LogP contribution in [0.5, 0.6) is 0 Å². The fraction of sp³-hybridized carbons (Fsp3) is 0.143. The number of hydrogen-bond acceptors (Lipinski definition) is 3. The molecule has 1 N–H and O–H groups in total. The summed E-state index contributed by atoms with van der Waals surface area (Å²) >= 11 is 6.00. The SMILES string of the molecule is O=[N+]([O-])c1cccc(C(NCCc2ccccc2)c2ccc(Cl)cc2)c1. The standard InChI is InChI=1S/C21H19ClN2O2/c22-19-11-9-17(10-12-19)21(18-7-4-8-20(15-18)24(25)26)23-14-13-16-5-2-1-3-6-16/h1-12,15,21,23H,13-14H2. The van der Waals surface area contributed by atoms with E-state index in [9.17, 15) is 10.1 Å².